The predicted octanol–water partition coefficient (Wildman–Crippen LogP) is 3.88. The average Bonchev–Trinajstić information content (AvgIpc) is 3.21. The Morgan fingerprint density at radius 3 is 2.59 bits per heavy atom. The highest BCUT2D eigenvalue weighted by Gasteiger charge is 2.26. The van der Waals surface area contributed by atoms with Gasteiger partial charge in [-0.05, 0) is 39.7 Å². The van der Waals surface area contributed by atoms with Crippen molar-refractivity contribution in [2.45, 2.75) is 53.5 Å². The van der Waals surface area contributed by atoms with Crippen LogP contribution in [-0.2, 0) is 4.74 Å². The van der Waals surface area contributed by atoms with Crippen molar-refractivity contribution in [2.75, 3.05) is 26.3 Å². The highest BCUT2D eigenvalue weighted by Crippen LogP contribution is 2.33. The van der Waals surface area contributed by atoms with Gasteiger partial charge in [0.25, 0.3) is 0 Å². The molecule has 0 spiro atoms. The molecular formula is C21H29N5O. The van der Waals surface area contributed by atoms with Gasteiger partial charge in [-0.3, -0.25) is 0 Å². The number of hydrogen-bond acceptors (Lipinski definition) is 5. The third kappa shape index (κ3) is 3.16. The number of ether oxygens (including phenoxy) is 1. The minimum atomic E-state index is 0.421. The summed E-state index contributed by atoms with van der Waals surface area (Å²) in [4.78, 5) is 17.2. The topological polar surface area (TPSA) is 55.5 Å². The average molecular weight is 367 g/mol. The first-order valence-corrected chi connectivity index (χ1v) is 9.95. The SMILES string of the molecule is CCC(C)n1cc(C)c2nc(C3=C(C)N=C(N4CCOCC4)C3)c(C)nc21. The Morgan fingerprint density at radius 1 is 1.15 bits per heavy atom. The molecule has 2 aromatic rings. The van der Waals surface area contributed by atoms with E-state index in [1.54, 1.807) is 0 Å². The van der Waals surface area contributed by atoms with Crippen LogP contribution in [0.1, 0.15) is 56.6 Å². The smallest absolute Gasteiger partial charge is 0.159 e. The van der Waals surface area contributed by atoms with Gasteiger partial charge in [0.15, 0.2) is 5.65 Å². The van der Waals surface area contributed by atoms with Gasteiger partial charge in [0, 0.05) is 43.0 Å². The van der Waals surface area contributed by atoms with Crippen LogP contribution in [-0.4, -0.2) is 51.6 Å². The molecule has 6 heteroatoms. The van der Waals surface area contributed by atoms with Crippen LogP contribution in [0, 0.1) is 13.8 Å². The van der Waals surface area contributed by atoms with Crippen molar-refractivity contribution >= 4 is 22.6 Å². The summed E-state index contributed by atoms with van der Waals surface area (Å²) in [6.07, 6.45) is 4.10. The second-order valence-electron chi connectivity index (χ2n) is 7.67. The first-order chi connectivity index (χ1) is 13.0. The highest BCUT2D eigenvalue weighted by molar-refractivity contribution is 5.98. The van der Waals surface area contributed by atoms with E-state index in [0.717, 1.165) is 73.2 Å². The van der Waals surface area contributed by atoms with Gasteiger partial charge in [0.2, 0.25) is 0 Å². The van der Waals surface area contributed by atoms with E-state index in [1.165, 1.54) is 11.1 Å². The van der Waals surface area contributed by atoms with Gasteiger partial charge < -0.3 is 14.2 Å². The fraction of sp³-hybridized carbons (Fsp3) is 0.571. The van der Waals surface area contributed by atoms with Crippen LogP contribution in [0.15, 0.2) is 16.9 Å². The van der Waals surface area contributed by atoms with Crippen molar-refractivity contribution in [2.24, 2.45) is 4.99 Å². The number of rotatable bonds is 3. The molecule has 0 N–H and O–H groups in total. The Morgan fingerprint density at radius 2 is 1.89 bits per heavy atom. The van der Waals surface area contributed by atoms with E-state index in [0.29, 0.717) is 6.04 Å². The van der Waals surface area contributed by atoms with Crippen LogP contribution in [0.4, 0.5) is 0 Å². The lowest BCUT2D eigenvalue weighted by atomic mass is 10.1. The molecule has 1 atom stereocenters. The number of allylic oxidation sites excluding steroid dienone is 1. The van der Waals surface area contributed by atoms with E-state index < -0.39 is 0 Å². The molecule has 0 amide bonds. The number of nitrogens with zero attached hydrogens (tertiary/aromatic N) is 5. The quantitative estimate of drug-likeness (QED) is 0.826. The number of fused-ring (bicyclic) bond motifs is 1. The summed E-state index contributed by atoms with van der Waals surface area (Å²) in [7, 11) is 0. The standard InChI is InChI=1S/C21H29N5O/c1-6-14(3)26-12-13(2)19-21(26)23-16(5)20(24-19)17-11-18(22-15(17)4)25-7-9-27-10-8-25/h12,14H,6-11H2,1-5H3. The Kier molecular flexibility index (Phi) is 4.76. The summed E-state index contributed by atoms with van der Waals surface area (Å²) in [5, 5.41) is 0. The summed E-state index contributed by atoms with van der Waals surface area (Å²) < 4.78 is 7.74. The second kappa shape index (κ2) is 7.08. The molecule has 1 saturated heterocycles. The molecule has 0 aliphatic carbocycles. The van der Waals surface area contributed by atoms with Crippen LogP contribution in [0.2, 0.25) is 0 Å². The Labute approximate surface area is 161 Å². The lowest BCUT2D eigenvalue weighted by molar-refractivity contribution is 0.0676. The van der Waals surface area contributed by atoms with Gasteiger partial charge in [-0.25, -0.2) is 15.0 Å². The van der Waals surface area contributed by atoms with Crippen LogP contribution in [0.5, 0.6) is 0 Å². The molecule has 0 radical (unpaired) electrons. The highest BCUT2D eigenvalue weighted by atomic mass is 16.5. The first kappa shape index (κ1) is 18.2. The number of aliphatic imine (C=N–C) groups is 1. The lowest BCUT2D eigenvalue weighted by Gasteiger charge is -2.28. The van der Waals surface area contributed by atoms with Gasteiger partial charge >= 0.3 is 0 Å². The number of aryl methyl sites for hydroxylation is 2. The molecule has 1 unspecified atom stereocenters. The van der Waals surface area contributed by atoms with Crippen molar-refractivity contribution < 1.29 is 4.74 Å². The molecule has 2 aliphatic heterocycles. The van der Waals surface area contributed by atoms with Crippen LogP contribution in [0.3, 0.4) is 0 Å². The monoisotopic (exact) mass is 367 g/mol. The van der Waals surface area contributed by atoms with E-state index in [2.05, 4.69) is 50.3 Å². The maximum absolute atomic E-state index is 5.47. The van der Waals surface area contributed by atoms with Crippen LogP contribution >= 0.6 is 0 Å². The molecular weight excluding hydrogens is 338 g/mol. The van der Waals surface area contributed by atoms with Crippen LogP contribution in [0.25, 0.3) is 16.7 Å². The zero-order valence-electron chi connectivity index (χ0n) is 17.0. The van der Waals surface area contributed by atoms with Crippen molar-refractivity contribution in [3.8, 4) is 0 Å². The Bertz CT molecular complexity index is 934. The maximum atomic E-state index is 5.47. The molecule has 0 aromatic carbocycles. The van der Waals surface area contributed by atoms with E-state index in [-0.39, 0.29) is 0 Å². The lowest BCUT2D eigenvalue weighted by Crippen LogP contribution is -2.40. The fourth-order valence-electron chi connectivity index (χ4n) is 3.95. The Balaban J connectivity index is 1.69. The van der Waals surface area contributed by atoms with Crippen molar-refractivity contribution in [1.29, 1.82) is 0 Å². The maximum Gasteiger partial charge on any atom is 0.159 e. The van der Waals surface area contributed by atoms with E-state index in [9.17, 15) is 0 Å². The summed E-state index contributed by atoms with van der Waals surface area (Å²) in [5.74, 6) is 1.14. The molecule has 0 saturated carbocycles. The molecule has 27 heavy (non-hydrogen) atoms. The summed E-state index contributed by atoms with van der Waals surface area (Å²) >= 11 is 0. The normalized spacial score (nSPS) is 19.1. The number of morpholine rings is 1. The third-order valence-electron chi connectivity index (χ3n) is 5.80. The summed E-state index contributed by atoms with van der Waals surface area (Å²) in [5.41, 5.74) is 7.44. The molecule has 2 aromatic heterocycles. The van der Waals surface area contributed by atoms with E-state index >= 15 is 0 Å². The van der Waals surface area contributed by atoms with E-state index in [4.69, 9.17) is 19.7 Å². The van der Waals surface area contributed by atoms with Gasteiger partial charge in [-0.15, -0.1) is 0 Å². The molecule has 144 valence electrons. The van der Waals surface area contributed by atoms with Crippen LogP contribution < -0.4 is 0 Å². The molecule has 6 nitrogen and oxygen atoms in total. The minimum absolute atomic E-state index is 0.421. The number of hydrogen-bond donors (Lipinski definition) is 0. The zero-order chi connectivity index (χ0) is 19.1. The molecule has 4 rings (SSSR count). The van der Waals surface area contributed by atoms with Gasteiger partial charge in [-0.1, -0.05) is 6.92 Å². The largest absolute Gasteiger partial charge is 0.378 e. The number of aromatic nitrogens is 3. The van der Waals surface area contributed by atoms with Gasteiger partial charge in [0.05, 0.1) is 24.6 Å². The first-order valence-electron chi connectivity index (χ1n) is 9.95. The molecule has 1 fully saturated rings. The van der Waals surface area contributed by atoms with Gasteiger partial charge in [-0.2, -0.15) is 0 Å². The van der Waals surface area contributed by atoms with Crippen molar-refractivity contribution in [3.05, 3.63) is 28.8 Å². The zero-order valence-corrected chi connectivity index (χ0v) is 17.0. The second-order valence-corrected chi connectivity index (χ2v) is 7.67. The van der Waals surface area contributed by atoms with Crippen molar-refractivity contribution in [3.63, 3.8) is 0 Å². The molecule has 0 bridgehead atoms. The fourth-order valence-corrected chi connectivity index (χ4v) is 3.95. The summed E-state index contributed by atoms with van der Waals surface area (Å²) in [6, 6.07) is 0.421. The predicted molar refractivity (Wildman–Crippen MR) is 109 cm³/mol. The molecule has 4 heterocycles. The van der Waals surface area contributed by atoms with Gasteiger partial charge in [0.1, 0.15) is 11.4 Å². The summed E-state index contributed by atoms with van der Waals surface area (Å²) in [6.45, 7) is 14.1. The Hall–Kier alpha value is -2.21. The third-order valence-corrected chi connectivity index (χ3v) is 5.80. The molecule has 2 aliphatic rings. The minimum Gasteiger partial charge on any atom is -0.378 e. The van der Waals surface area contributed by atoms with E-state index in [1.807, 2.05) is 0 Å². The number of amidine groups is 1. The van der Waals surface area contributed by atoms with Crippen molar-refractivity contribution in [1.82, 2.24) is 19.4 Å².